The largest absolute Gasteiger partial charge is 0.277 e. The molecule has 0 aliphatic carbocycles. The van der Waals surface area contributed by atoms with Crippen LogP contribution in [0.2, 0.25) is 5.02 Å². The SMILES string of the molecule is O=S(=O)(c1ccc(Cl)cc1)N1Cc2cn[nH]c2-c2ccccc21. The van der Waals surface area contributed by atoms with Crippen molar-refractivity contribution in [3.8, 4) is 11.3 Å². The van der Waals surface area contributed by atoms with Crippen molar-refractivity contribution >= 4 is 27.3 Å². The first kappa shape index (κ1) is 14.3. The van der Waals surface area contributed by atoms with E-state index >= 15 is 0 Å². The van der Waals surface area contributed by atoms with Crippen LogP contribution in [-0.4, -0.2) is 18.6 Å². The summed E-state index contributed by atoms with van der Waals surface area (Å²) in [6, 6.07) is 13.6. The molecule has 5 nitrogen and oxygen atoms in total. The predicted octanol–water partition coefficient (Wildman–Crippen LogP) is 3.44. The molecule has 0 spiro atoms. The molecule has 4 rings (SSSR count). The number of hydrogen-bond acceptors (Lipinski definition) is 3. The summed E-state index contributed by atoms with van der Waals surface area (Å²) in [5.41, 5.74) is 3.17. The monoisotopic (exact) mass is 345 g/mol. The Morgan fingerprint density at radius 3 is 2.61 bits per heavy atom. The second kappa shape index (κ2) is 5.11. The van der Waals surface area contributed by atoms with Gasteiger partial charge in [-0.2, -0.15) is 5.10 Å². The quantitative estimate of drug-likeness (QED) is 0.773. The van der Waals surface area contributed by atoms with E-state index in [4.69, 9.17) is 11.6 Å². The van der Waals surface area contributed by atoms with E-state index in [1.165, 1.54) is 16.4 Å². The Hall–Kier alpha value is -2.31. The number of sulfonamides is 1. The second-order valence-electron chi connectivity index (χ2n) is 5.25. The molecule has 1 N–H and O–H groups in total. The number of hydrogen-bond donors (Lipinski definition) is 1. The van der Waals surface area contributed by atoms with Crippen LogP contribution in [0.1, 0.15) is 5.56 Å². The minimum absolute atomic E-state index is 0.212. The molecule has 0 atom stereocenters. The van der Waals surface area contributed by atoms with Crippen LogP contribution in [0.5, 0.6) is 0 Å². The third-order valence-corrected chi connectivity index (χ3v) is 5.90. The highest BCUT2D eigenvalue weighted by molar-refractivity contribution is 7.92. The van der Waals surface area contributed by atoms with Crippen molar-refractivity contribution < 1.29 is 8.42 Å². The van der Waals surface area contributed by atoms with E-state index in [1.807, 2.05) is 18.2 Å². The fraction of sp³-hybridized carbons (Fsp3) is 0.0625. The highest BCUT2D eigenvalue weighted by Gasteiger charge is 2.32. The third kappa shape index (κ3) is 2.22. The molecule has 2 aromatic carbocycles. The lowest BCUT2D eigenvalue weighted by atomic mass is 10.0. The Morgan fingerprint density at radius 2 is 1.83 bits per heavy atom. The lowest BCUT2D eigenvalue weighted by molar-refractivity contribution is 0.590. The number of H-pyrrole nitrogens is 1. The zero-order chi connectivity index (χ0) is 16.0. The number of rotatable bonds is 2. The van der Waals surface area contributed by atoms with E-state index in [2.05, 4.69) is 10.2 Å². The van der Waals surface area contributed by atoms with Gasteiger partial charge in [-0.05, 0) is 30.3 Å². The maximum absolute atomic E-state index is 13.0. The van der Waals surface area contributed by atoms with Crippen molar-refractivity contribution in [2.24, 2.45) is 0 Å². The molecule has 1 aromatic heterocycles. The maximum atomic E-state index is 13.0. The van der Waals surface area contributed by atoms with Gasteiger partial charge >= 0.3 is 0 Å². The lowest BCUT2D eigenvalue weighted by Gasteiger charge is -2.30. The summed E-state index contributed by atoms with van der Waals surface area (Å²) in [5.74, 6) is 0. The molecule has 0 saturated carbocycles. The molecule has 0 bridgehead atoms. The normalized spacial score (nSPS) is 13.5. The number of para-hydroxylation sites is 1. The summed E-state index contributed by atoms with van der Waals surface area (Å²) in [6.07, 6.45) is 1.66. The molecule has 0 unspecified atom stereocenters. The predicted molar refractivity (Wildman–Crippen MR) is 88.8 cm³/mol. The average Bonchev–Trinajstić information content (AvgIpc) is 3.03. The average molecular weight is 346 g/mol. The van der Waals surface area contributed by atoms with Gasteiger partial charge in [-0.25, -0.2) is 8.42 Å². The number of aromatic amines is 1. The maximum Gasteiger partial charge on any atom is 0.264 e. The zero-order valence-corrected chi connectivity index (χ0v) is 13.5. The van der Waals surface area contributed by atoms with Crippen LogP contribution in [0.25, 0.3) is 11.3 Å². The molecule has 0 fully saturated rings. The first-order valence-corrected chi connectivity index (χ1v) is 8.79. The van der Waals surface area contributed by atoms with Gasteiger partial charge in [0.2, 0.25) is 0 Å². The van der Waals surface area contributed by atoms with Crippen LogP contribution < -0.4 is 4.31 Å². The number of halogens is 1. The highest BCUT2D eigenvalue weighted by atomic mass is 35.5. The zero-order valence-electron chi connectivity index (χ0n) is 11.9. The van der Waals surface area contributed by atoms with Crippen molar-refractivity contribution in [1.82, 2.24) is 10.2 Å². The number of nitrogens with one attached hydrogen (secondary N) is 1. The van der Waals surface area contributed by atoms with Crippen molar-refractivity contribution in [3.63, 3.8) is 0 Å². The van der Waals surface area contributed by atoms with E-state index < -0.39 is 10.0 Å². The molecule has 23 heavy (non-hydrogen) atoms. The Balaban J connectivity index is 1.88. The summed E-state index contributed by atoms with van der Waals surface area (Å²) in [6.45, 7) is 0.244. The number of benzene rings is 2. The van der Waals surface area contributed by atoms with Crippen LogP contribution in [0.15, 0.2) is 59.6 Å². The molecule has 7 heteroatoms. The topological polar surface area (TPSA) is 66.1 Å². The Morgan fingerprint density at radius 1 is 1.09 bits per heavy atom. The first-order chi connectivity index (χ1) is 11.1. The van der Waals surface area contributed by atoms with Crippen LogP contribution in [0, 0.1) is 0 Å². The minimum atomic E-state index is -3.68. The molecule has 1 aliphatic rings. The number of anilines is 1. The van der Waals surface area contributed by atoms with Gasteiger partial charge in [0.1, 0.15) is 0 Å². The smallest absolute Gasteiger partial charge is 0.264 e. The summed E-state index contributed by atoms with van der Waals surface area (Å²) >= 11 is 5.86. The lowest BCUT2D eigenvalue weighted by Crippen LogP contribution is -2.32. The van der Waals surface area contributed by atoms with Crippen molar-refractivity contribution in [1.29, 1.82) is 0 Å². The van der Waals surface area contributed by atoms with Gasteiger partial charge in [-0.3, -0.25) is 9.40 Å². The van der Waals surface area contributed by atoms with Gasteiger partial charge in [0.05, 0.1) is 29.0 Å². The van der Waals surface area contributed by atoms with Crippen LogP contribution in [0.4, 0.5) is 5.69 Å². The highest BCUT2D eigenvalue weighted by Crippen LogP contribution is 2.40. The summed E-state index contributed by atoms with van der Waals surface area (Å²) in [5, 5.41) is 7.48. The Bertz CT molecular complexity index is 981. The van der Waals surface area contributed by atoms with Crippen molar-refractivity contribution in [2.45, 2.75) is 11.4 Å². The summed E-state index contributed by atoms with van der Waals surface area (Å²) < 4.78 is 27.5. The first-order valence-electron chi connectivity index (χ1n) is 6.97. The standard InChI is InChI=1S/C16H12ClN3O2S/c17-12-5-7-13(8-6-12)23(21,22)20-10-11-9-18-19-16(11)14-3-1-2-4-15(14)20/h1-9H,10H2,(H,18,19). The van der Waals surface area contributed by atoms with Gasteiger partial charge < -0.3 is 0 Å². The Kier molecular flexibility index (Phi) is 3.18. The second-order valence-corrected chi connectivity index (χ2v) is 7.55. The van der Waals surface area contributed by atoms with Crippen molar-refractivity contribution in [2.75, 3.05) is 4.31 Å². The molecule has 3 aromatic rings. The van der Waals surface area contributed by atoms with Crippen molar-refractivity contribution in [3.05, 3.63) is 65.3 Å². The molecule has 0 radical (unpaired) electrons. The molecule has 1 aliphatic heterocycles. The van der Waals surface area contributed by atoms with E-state index in [0.717, 1.165) is 16.8 Å². The van der Waals surface area contributed by atoms with E-state index in [9.17, 15) is 8.42 Å². The van der Waals surface area contributed by atoms with Gasteiger partial charge in [0.25, 0.3) is 10.0 Å². The van der Waals surface area contributed by atoms with Gasteiger partial charge in [-0.1, -0.05) is 29.8 Å². The molecular weight excluding hydrogens is 334 g/mol. The minimum Gasteiger partial charge on any atom is -0.277 e. The summed E-state index contributed by atoms with van der Waals surface area (Å²) in [4.78, 5) is 0.212. The fourth-order valence-corrected chi connectivity index (χ4v) is 4.34. The number of aromatic nitrogens is 2. The van der Waals surface area contributed by atoms with Crippen LogP contribution in [0.3, 0.4) is 0 Å². The molecule has 116 valence electrons. The summed E-state index contributed by atoms with van der Waals surface area (Å²) in [7, 11) is -3.68. The third-order valence-electron chi connectivity index (χ3n) is 3.88. The Labute approximate surface area is 138 Å². The number of nitrogens with zero attached hydrogens (tertiary/aromatic N) is 2. The molecule has 2 heterocycles. The van der Waals surface area contributed by atoms with E-state index in [-0.39, 0.29) is 11.4 Å². The van der Waals surface area contributed by atoms with E-state index in [0.29, 0.717) is 10.7 Å². The van der Waals surface area contributed by atoms with Gasteiger partial charge in [-0.15, -0.1) is 0 Å². The van der Waals surface area contributed by atoms with Crippen LogP contribution in [-0.2, 0) is 16.6 Å². The fourth-order valence-electron chi connectivity index (χ4n) is 2.75. The molecule has 0 saturated heterocycles. The van der Waals surface area contributed by atoms with Gasteiger partial charge in [0.15, 0.2) is 0 Å². The van der Waals surface area contributed by atoms with Gasteiger partial charge in [0, 0.05) is 16.1 Å². The van der Waals surface area contributed by atoms with E-state index in [1.54, 1.807) is 24.4 Å². The van der Waals surface area contributed by atoms with Crippen LogP contribution >= 0.6 is 11.6 Å². The molecule has 0 amide bonds. The molecular formula is C16H12ClN3O2S. The number of fused-ring (bicyclic) bond motifs is 3.